The van der Waals surface area contributed by atoms with Crippen molar-refractivity contribution >= 4 is 17.7 Å². The summed E-state index contributed by atoms with van der Waals surface area (Å²) in [6, 6.07) is 3.46. The molecule has 1 rings (SSSR count). The molecule has 0 spiro atoms. The molecular weight excluding hydrogens is 212 g/mol. The first-order valence-electron chi connectivity index (χ1n) is 4.46. The molecule has 6 nitrogen and oxygen atoms in total. The highest BCUT2D eigenvalue weighted by molar-refractivity contribution is 5.94. The number of amides is 2. The molecule has 16 heavy (non-hydrogen) atoms. The third kappa shape index (κ3) is 2.63. The number of nitrogens with one attached hydrogen (secondary N) is 1. The number of carbonyl (C=O) groups excluding carboxylic acids is 1. The summed E-state index contributed by atoms with van der Waals surface area (Å²) in [7, 11) is 3.13. The van der Waals surface area contributed by atoms with Crippen LogP contribution in [0.4, 0.5) is 10.5 Å². The van der Waals surface area contributed by atoms with Crippen molar-refractivity contribution in [2.45, 2.75) is 0 Å². The van der Waals surface area contributed by atoms with Gasteiger partial charge >= 0.3 is 12.0 Å². The first-order valence-corrected chi connectivity index (χ1v) is 4.46. The van der Waals surface area contributed by atoms with Gasteiger partial charge in [0.05, 0.1) is 0 Å². The van der Waals surface area contributed by atoms with E-state index < -0.39 is 5.97 Å². The lowest BCUT2D eigenvalue weighted by molar-refractivity contribution is 0.0693. The van der Waals surface area contributed by atoms with Crippen LogP contribution in [0.2, 0.25) is 0 Å². The Labute approximate surface area is 92.1 Å². The zero-order chi connectivity index (χ0) is 12.3. The number of aromatic hydroxyl groups is 1. The third-order valence-corrected chi connectivity index (χ3v) is 1.88. The average Bonchev–Trinajstić information content (AvgIpc) is 2.20. The van der Waals surface area contributed by atoms with Gasteiger partial charge in [0.15, 0.2) is 0 Å². The number of aromatic carboxylic acids is 1. The van der Waals surface area contributed by atoms with Crippen molar-refractivity contribution in [2.24, 2.45) is 0 Å². The Morgan fingerprint density at radius 3 is 2.44 bits per heavy atom. The number of phenols is 1. The van der Waals surface area contributed by atoms with Gasteiger partial charge in [-0.2, -0.15) is 0 Å². The Hall–Kier alpha value is -2.24. The second-order valence-corrected chi connectivity index (χ2v) is 3.36. The van der Waals surface area contributed by atoms with Gasteiger partial charge in [-0.05, 0) is 18.2 Å². The van der Waals surface area contributed by atoms with E-state index in [0.29, 0.717) is 5.69 Å². The summed E-state index contributed by atoms with van der Waals surface area (Å²) >= 11 is 0. The monoisotopic (exact) mass is 224 g/mol. The molecule has 86 valence electrons. The van der Waals surface area contributed by atoms with Crippen LogP contribution in [0.15, 0.2) is 18.2 Å². The van der Waals surface area contributed by atoms with Crippen LogP contribution in [0, 0.1) is 0 Å². The summed E-state index contributed by atoms with van der Waals surface area (Å²) in [5, 5.41) is 20.5. The summed E-state index contributed by atoms with van der Waals surface area (Å²) < 4.78 is 0. The Morgan fingerprint density at radius 1 is 1.31 bits per heavy atom. The predicted molar refractivity (Wildman–Crippen MR) is 57.8 cm³/mol. The van der Waals surface area contributed by atoms with Crippen LogP contribution >= 0.6 is 0 Å². The predicted octanol–water partition coefficient (Wildman–Crippen LogP) is 1.18. The van der Waals surface area contributed by atoms with Crippen molar-refractivity contribution < 1.29 is 19.8 Å². The molecule has 6 heteroatoms. The van der Waals surface area contributed by atoms with Crippen LogP contribution in [0.25, 0.3) is 0 Å². The molecule has 0 saturated heterocycles. The van der Waals surface area contributed by atoms with Crippen LogP contribution in [0.1, 0.15) is 10.4 Å². The Morgan fingerprint density at radius 2 is 1.94 bits per heavy atom. The quantitative estimate of drug-likeness (QED) is 0.658. The normalized spacial score (nSPS) is 9.62. The number of hydrogen-bond acceptors (Lipinski definition) is 3. The van der Waals surface area contributed by atoms with Crippen molar-refractivity contribution in [2.75, 3.05) is 19.4 Å². The molecular formula is C10H12N2O4. The fraction of sp³-hybridized carbons (Fsp3) is 0.200. The van der Waals surface area contributed by atoms with Crippen LogP contribution in [0.5, 0.6) is 5.75 Å². The Bertz CT molecular complexity index is 429. The van der Waals surface area contributed by atoms with E-state index in [9.17, 15) is 14.7 Å². The SMILES string of the molecule is CN(C)C(=O)Nc1ccc(O)c(C(=O)O)c1. The van der Waals surface area contributed by atoms with Crippen LogP contribution in [-0.4, -0.2) is 41.2 Å². The summed E-state index contributed by atoms with van der Waals surface area (Å²) in [4.78, 5) is 23.3. The standard InChI is InChI=1S/C10H12N2O4/c1-12(2)10(16)11-6-3-4-8(13)7(5-6)9(14)15/h3-5,13H,1-2H3,(H,11,16)(H,14,15). The minimum atomic E-state index is -1.25. The second kappa shape index (κ2) is 4.52. The minimum absolute atomic E-state index is 0.253. The zero-order valence-corrected chi connectivity index (χ0v) is 8.89. The highest BCUT2D eigenvalue weighted by Crippen LogP contribution is 2.21. The number of benzene rings is 1. The lowest BCUT2D eigenvalue weighted by atomic mass is 10.2. The molecule has 0 aliphatic rings. The molecule has 3 N–H and O–H groups in total. The largest absolute Gasteiger partial charge is 0.507 e. The molecule has 0 saturated carbocycles. The van der Waals surface area contributed by atoms with Crippen molar-refractivity contribution in [3.05, 3.63) is 23.8 Å². The molecule has 1 aromatic rings. The van der Waals surface area contributed by atoms with Gasteiger partial charge in [-0.3, -0.25) is 0 Å². The van der Waals surface area contributed by atoms with E-state index in [1.165, 1.54) is 23.1 Å². The van der Waals surface area contributed by atoms with E-state index >= 15 is 0 Å². The van der Waals surface area contributed by atoms with Gasteiger partial charge in [0.1, 0.15) is 11.3 Å². The third-order valence-electron chi connectivity index (χ3n) is 1.88. The highest BCUT2D eigenvalue weighted by atomic mass is 16.4. The molecule has 0 atom stereocenters. The number of carboxylic acid groups (broad SMARTS) is 1. The molecule has 0 bridgehead atoms. The summed E-state index contributed by atoms with van der Waals surface area (Å²) in [5.74, 6) is -1.59. The number of carboxylic acids is 1. The minimum Gasteiger partial charge on any atom is -0.507 e. The lowest BCUT2D eigenvalue weighted by Crippen LogP contribution is -2.27. The Kier molecular flexibility index (Phi) is 3.34. The number of carbonyl (C=O) groups is 2. The maximum Gasteiger partial charge on any atom is 0.339 e. The second-order valence-electron chi connectivity index (χ2n) is 3.36. The Balaban J connectivity index is 2.95. The molecule has 1 aromatic carbocycles. The van der Waals surface area contributed by atoms with Crippen LogP contribution < -0.4 is 5.32 Å². The van der Waals surface area contributed by atoms with E-state index in [1.54, 1.807) is 14.1 Å². The van der Waals surface area contributed by atoms with Gasteiger partial charge < -0.3 is 20.4 Å². The first-order chi connectivity index (χ1) is 7.41. The summed E-state index contributed by atoms with van der Waals surface area (Å²) in [6.45, 7) is 0. The summed E-state index contributed by atoms with van der Waals surface area (Å²) in [6.07, 6.45) is 0. The smallest absolute Gasteiger partial charge is 0.339 e. The topological polar surface area (TPSA) is 89.9 Å². The van der Waals surface area contributed by atoms with Gasteiger partial charge in [-0.15, -0.1) is 0 Å². The van der Waals surface area contributed by atoms with Crippen LogP contribution in [0.3, 0.4) is 0 Å². The van der Waals surface area contributed by atoms with Gasteiger partial charge in [-0.1, -0.05) is 0 Å². The molecule has 0 heterocycles. The average molecular weight is 224 g/mol. The van der Waals surface area contributed by atoms with Gasteiger partial charge in [0.25, 0.3) is 0 Å². The molecule has 0 aliphatic carbocycles. The molecule has 0 unspecified atom stereocenters. The lowest BCUT2D eigenvalue weighted by Gasteiger charge is -2.12. The van der Waals surface area contributed by atoms with Crippen molar-refractivity contribution in [1.29, 1.82) is 0 Å². The van der Waals surface area contributed by atoms with E-state index in [-0.39, 0.29) is 17.3 Å². The number of urea groups is 1. The maximum absolute atomic E-state index is 11.3. The molecule has 2 amide bonds. The maximum atomic E-state index is 11.3. The fourth-order valence-electron chi connectivity index (χ4n) is 1.02. The van der Waals surface area contributed by atoms with E-state index in [2.05, 4.69) is 5.32 Å². The zero-order valence-electron chi connectivity index (χ0n) is 8.89. The van der Waals surface area contributed by atoms with Crippen molar-refractivity contribution in [1.82, 2.24) is 4.90 Å². The van der Waals surface area contributed by atoms with E-state index in [4.69, 9.17) is 5.11 Å². The number of hydrogen-bond donors (Lipinski definition) is 3. The highest BCUT2D eigenvalue weighted by Gasteiger charge is 2.11. The fourth-order valence-corrected chi connectivity index (χ4v) is 1.02. The molecule has 0 fully saturated rings. The first kappa shape index (κ1) is 11.8. The van der Waals surface area contributed by atoms with Gasteiger partial charge in [0, 0.05) is 19.8 Å². The van der Waals surface area contributed by atoms with E-state index in [1.807, 2.05) is 0 Å². The number of nitrogens with zero attached hydrogens (tertiary/aromatic N) is 1. The van der Waals surface area contributed by atoms with Crippen molar-refractivity contribution in [3.63, 3.8) is 0 Å². The molecule has 0 aliphatic heterocycles. The van der Waals surface area contributed by atoms with E-state index in [0.717, 1.165) is 0 Å². The summed E-state index contributed by atoms with van der Waals surface area (Å²) in [5.41, 5.74) is 0.0606. The van der Waals surface area contributed by atoms with Gasteiger partial charge in [-0.25, -0.2) is 9.59 Å². The van der Waals surface area contributed by atoms with Gasteiger partial charge in [0.2, 0.25) is 0 Å². The number of anilines is 1. The molecule has 0 aromatic heterocycles. The molecule has 0 radical (unpaired) electrons. The van der Waals surface area contributed by atoms with Crippen molar-refractivity contribution in [3.8, 4) is 5.75 Å². The number of rotatable bonds is 2. The van der Waals surface area contributed by atoms with Crippen LogP contribution in [-0.2, 0) is 0 Å².